The van der Waals surface area contributed by atoms with E-state index in [0.29, 0.717) is 29.1 Å². The fourth-order valence-electron chi connectivity index (χ4n) is 2.97. The molecule has 0 aromatic carbocycles. The number of halogens is 3. The summed E-state index contributed by atoms with van der Waals surface area (Å²) in [6.45, 7) is 0. The number of nitrogens with zero attached hydrogens (tertiary/aromatic N) is 4. The second kappa shape index (κ2) is 12.1. The van der Waals surface area contributed by atoms with Crippen LogP contribution in [0.1, 0.15) is 12.6 Å². The topological polar surface area (TPSA) is 183 Å². The number of hydrogen-bond acceptors (Lipinski definition) is 9. The molecule has 0 bridgehead atoms. The van der Waals surface area contributed by atoms with Crippen LogP contribution in [0.5, 0.6) is 0 Å². The van der Waals surface area contributed by atoms with Gasteiger partial charge in [-0.1, -0.05) is 0 Å². The number of aromatic nitrogens is 4. The quantitative estimate of drug-likeness (QED) is 0.182. The molecule has 3 heterocycles. The summed E-state index contributed by atoms with van der Waals surface area (Å²) in [6, 6.07) is -0.907. The van der Waals surface area contributed by atoms with Crippen molar-refractivity contribution < 1.29 is 37.3 Å². The van der Waals surface area contributed by atoms with Gasteiger partial charge in [0.2, 0.25) is 0 Å². The third kappa shape index (κ3) is 5.98. The van der Waals surface area contributed by atoms with Gasteiger partial charge in [-0.2, -0.15) is 0 Å². The van der Waals surface area contributed by atoms with Crippen molar-refractivity contribution in [3.05, 3.63) is 12.7 Å². The standard InChI is InChI=1S/C15H22N6O5S.3ClH/c1-27(3-2-7(16)15(24)25)4-8-10(22)11(23)14(26-8)21-6-20-9-12(17)18-5-19-13(9)21;;;/h5-8,10-11,14,22-23H,2-4,16H2,1H3,(H2-,17,18,19,24,25);3*1H/t7-,8+,10+,11+,14+,27?;;;/m0.../s1/i1+1;;;. The lowest BCUT2D eigenvalue weighted by Crippen LogP contribution is -3.00. The first-order valence-electron chi connectivity index (χ1n) is 8.31. The zero-order chi connectivity index (χ0) is 19.7. The SMILES string of the molecule is Cl.Cl.[13CH3][S+](CC[C@H](N)C(=O)O)C[C@H]1O[C@@H](n2cnc3c(N)ncnc32)[C@H](O)[C@@H]1O.[Cl-]. The van der Waals surface area contributed by atoms with E-state index in [1.165, 1.54) is 17.2 Å². The lowest BCUT2D eigenvalue weighted by molar-refractivity contribution is -0.138. The van der Waals surface area contributed by atoms with Crippen molar-refractivity contribution in [3.63, 3.8) is 0 Å². The zero-order valence-electron chi connectivity index (χ0n) is 15.9. The number of carboxylic acid groups (broad SMARTS) is 1. The zero-order valence-corrected chi connectivity index (χ0v) is 19.1. The molecule has 172 valence electrons. The van der Waals surface area contributed by atoms with Crippen LogP contribution in [0.15, 0.2) is 12.7 Å². The normalized spacial score (nSPS) is 24.9. The first kappa shape index (κ1) is 28.9. The highest BCUT2D eigenvalue weighted by Crippen LogP contribution is 2.32. The number of ether oxygens (including phenoxy) is 1. The molecule has 0 amide bonds. The Hall–Kier alpha value is -1.12. The summed E-state index contributed by atoms with van der Waals surface area (Å²) < 4.78 is 7.41. The van der Waals surface area contributed by atoms with Gasteiger partial charge >= 0.3 is 5.97 Å². The Kier molecular flexibility index (Phi) is 11.6. The Morgan fingerprint density at radius 2 is 1.97 bits per heavy atom. The van der Waals surface area contributed by atoms with Crippen molar-refractivity contribution in [1.82, 2.24) is 19.5 Å². The summed E-state index contributed by atoms with van der Waals surface area (Å²) in [4.78, 5) is 23.0. The van der Waals surface area contributed by atoms with Crippen LogP contribution in [0.2, 0.25) is 0 Å². The molecule has 30 heavy (non-hydrogen) atoms. The maximum Gasteiger partial charge on any atom is 0.320 e. The number of aliphatic carboxylic acids is 1. The van der Waals surface area contributed by atoms with E-state index in [9.17, 15) is 15.0 Å². The second-order valence-electron chi connectivity index (χ2n) is 6.51. The summed E-state index contributed by atoms with van der Waals surface area (Å²) in [7, 11) is -0.235. The number of imidazole rings is 1. The number of aliphatic hydroxyl groups excluding tert-OH is 2. The van der Waals surface area contributed by atoms with E-state index < -0.39 is 36.6 Å². The molecule has 0 radical (unpaired) electrons. The summed E-state index contributed by atoms with van der Waals surface area (Å²) in [6.07, 6.45) is 1.31. The smallest absolute Gasteiger partial charge is 0.320 e. The Morgan fingerprint density at radius 3 is 2.60 bits per heavy atom. The molecule has 2 aromatic rings. The van der Waals surface area contributed by atoms with E-state index in [2.05, 4.69) is 15.0 Å². The van der Waals surface area contributed by atoms with E-state index in [-0.39, 0.29) is 53.9 Å². The molecular formula is C15H25Cl3N6O5S. The summed E-state index contributed by atoms with van der Waals surface area (Å²) >= 11 is 0. The molecule has 0 aliphatic carbocycles. The summed E-state index contributed by atoms with van der Waals surface area (Å²) in [5.41, 5.74) is 12.1. The molecule has 1 saturated heterocycles. The molecule has 6 atom stereocenters. The molecule has 0 saturated carbocycles. The number of nitrogens with two attached hydrogens (primary N) is 2. The van der Waals surface area contributed by atoms with Crippen molar-refractivity contribution in [2.24, 2.45) is 5.73 Å². The molecule has 1 unspecified atom stereocenters. The maximum atomic E-state index is 10.8. The van der Waals surface area contributed by atoms with E-state index in [1.807, 2.05) is 6.26 Å². The summed E-state index contributed by atoms with van der Waals surface area (Å²) in [5, 5.41) is 29.7. The van der Waals surface area contributed by atoms with Gasteiger partial charge in [0, 0.05) is 6.42 Å². The van der Waals surface area contributed by atoms with Crippen molar-refractivity contribution in [2.45, 2.75) is 37.0 Å². The number of carboxylic acids is 1. The lowest BCUT2D eigenvalue weighted by atomic mass is 10.1. The van der Waals surface area contributed by atoms with Crippen LogP contribution < -0.4 is 23.9 Å². The van der Waals surface area contributed by atoms with Crippen LogP contribution in [0.3, 0.4) is 0 Å². The highest BCUT2D eigenvalue weighted by Gasteiger charge is 2.46. The van der Waals surface area contributed by atoms with Crippen LogP contribution in [0, 0.1) is 0 Å². The first-order valence-corrected chi connectivity index (χ1v) is 10.3. The maximum absolute atomic E-state index is 10.8. The molecule has 15 heteroatoms. The molecule has 1 fully saturated rings. The van der Waals surface area contributed by atoms with Crippen LogP contribution in [-0.4, -0.2) is 82.9 Å². The molecular weight excluding hydrogens is 484 g/mol. The third-order valence-electron chi connectivity index (χ3n) is 4.54. The Bertz CT molecular complexity index is 833. The average molecular weight is 509 g/mol. The number of fused-ring (bicyclic) bond motifs is 1. The number of nitrogen functional groups attached to an aromatic ring is 1. The fraction of sp³-hybridized carbons (Fsp3) is 0.600. The van der Waals surface area contributed by atoms with Gasteiger partial charge < -0.3 is 43.9 Å². The van der Waals surface area contributed by atoms with Gasteiger partial charge in [-0.25, -0.2) is 15.0 Å². The number of carbonyl (C=O) groups is 1. The predicted molar refractivity (Wildman–Crippen MR) is 113 cm³/mol. The Morgan fingerprint density at radius 1 is 1.30 bits per heavy atom. The van der Waals surface area contributed by atoms with Crippen LogP contribution >= 0.6 is 24.8 Å². The number of rotatable bonds is 7. The van der Waals surface area contributed by atoms with Gasteiger partial charge in [0.1, 0.15) is 47.7 Å². The van der Waals surface area contributed by atoms with Crippen molar-refractivity contribution >= 4 is 58.7 Å². The number of anilines is 1. The molecule has 0 spiro atoms. The minimum Gasteiger partial charge on any atom is -1.00 e. The molecule has 2 aromatic heterocycles. The van der Waals surface area contributed by atoms with Gasteiger partial charge in [-0.05, 0) is 10.9 Å². The van der Waals surface area contributed by atoms with E-state index in [0.717, 1.165) is 0 Å². The minimum atomic E-state index is -1.16. The van der Waals surface area contributed by atoms with Crippen molar-refractivity contribution in [3.8, 4) is 0 Å². The van der Waals surface area contributed by atoms with Gasteiger partial charge in [0.05, 0.1) is 12.6 Å². The second-order valence-corrected chi connectivity index (χ2v) is 8.82. The van der Waals surface area contributed by atoms with Crippen molar-refractivity contribution in [1.29, 1.82) is 0 Å². The van der Waals surface area contributed by atoms with Gasteiger partial charge in [-0.3, -0.25) is 9.36 Å². The van der Waals surface area contributed by atoms with E-state index >= 15 is 0 Å². The first-order chi connectivity index (χ1) is 12.8. The van der Waals surface area contributed by atoms with Gasteiger partial charge in [-0.15, -0.1) is 24.8 Å². The van der Waals surface area contributed by atoms with E-state index in [4.69, 9.17) is 21.3 Å². The number of hydrogen-bond donors (Lipinski definition) is 5. The molecule has 7 N–H and O–H groups in total. The van der Waals surface area contributed by atoms with Gasteiger partial charge in [0.25, 0.3) is 0 Å². The van der Waals surface area contributed by atoms with E-state index in [1.54, 1.807) is 0 Å². The monoisotopic (exact) mass is 507 g/mol. The summed E-state index contributed by atoms with van der Waals surface area (Å²) in [5.74, 6) is 0.254. The Labute approximate surface area is 194 Å². The number of aliphatic hydroxyl groups is 2. The highest BCUT2D eigenvalue weighted by atomic mass is 35.5. The fourth-order valence-corrected chi connectivity index (χ4v) is 4.63. The van der Waals surface area contributed by atoms with Crippen LogP contribution in [0.4, 0.5) is 5.82 Å². The van der Waals surface area contributed by atoms with Crippen molar-refractivity contribution in [2.75, 3.05) is 23.5 Å². The largest absolute Gasteiger partial charge is 1.00 e. The molecule has 3 rings (SSSR count). The minimum absolute atomic E-state index is 0. The van der Waals surface area contributed by atoms with Gasteiger partial charge in [0.15, 0.2) is 17.7 Å². The van der Waals surface area contributed by atoms with Crippen LogP contribution in [0.25, 0.3) is 11.2 Å². The third-order valence-corrected chi connectivity index (χ3v) is 6.37. The molecule has 11 nitrogen and oxygen atoms in total. The molecule has 1 aliphatic rings. The highest BCUT2D eigenvalue weighted by molar-refractivity contribution is 7.96. The average Bonchev–Trinajstić information content (AvgIpc) is 3.17. The van der Waals surface area contributed by atoms with Crippen LogP contribution in [-0.2, 0) is 20.4 Å². The molecule has 1 aliphatic heterocycles. The Balaban J connectivity index is 0.00000280. The predicted octanol–water partition coefficient (Wildman–Crippen LogP) is -4.07. The lowest BCUT2D eigenvalue weighted by Gasteiger charge is -2.16.